The second kappa shape index (κ2) is 10.7. The van der Waals surface area contributed by atoms with E-state index in [2.05, 4.69) is 27.5 Å². The van der Waals surface area contributed by atoms with Crippen molar-refractivity contribution in [2.24, 2.45) is 4.99 Å². The number of anilines is 1. The standard InChI is InChI=1S/C22H32FN5OS/c1-4-24-22(25-10-7-21-27-15(2)16(3)30-21)26-14-17-5-6-20(19(23)13-17)28-11-8-18(29)9-12-28/h5-6,13,18,29H,4,7-12,14H2,1-3H3,(H2,24,25,26). The average Bonchev–Trinajstić information content (AvgIpc) is 3.04. The van der Waals surface area contributed by atoms with Crippen molar-refractivity contribution in [1.82, 2.24) is 15.6 Å². The first-order valence-electron chi connectivity index (χ1n) is 10.6. The number of aromatic nitrogens is 1. The van der Waals surface area contributed by atoms with Gasteiger partial charge in [-0.25, -0.2) is 14.4 Å². The Labute approximate surface area is 182 Å². The SMILES string of the molecule is CCNC(=NCc1ccc(N2CCC(O)CC2)c(F)c1)NCCc1nc(C)c(C)s1. The van der Waals surface area contributed by atoms with Crippen LogP contribution in [-0.2, 0) is 13.0 Å². The molecule has 0 radical (unpaired) electrons. The van der Waals surface area contributed by atoms with Gasteiger partial charge in [-0.05, 0) is 51.3 Å². The zero-order chi connectivity index (χ0) is 21.5. The van der Waals surface area contributed by atoms with Gasteiger partial charge in [0.2, 0.25) is 0 Å². The number of nitrogens with one attached hydrogen (secondary N) is 2. The predicted molar refractivity (Wildman–Crippen MR) is 122 cm³/mol. The Balaban J connectivity index is 1.56. The van der Waals surface area contributed by atoms with Crippen molar-refractivity contribution in [3.8, 4) is 0 Å². The number of aliphatic imine (C=N–C) groups is 1. The van der Waals surface area contributed by atoms with Crippen molar-refractivity contribution in [3.63, 3.8) is 0 Å². The van der Waals surface area contributed by atoms with Crippen LogP contribution in [-0.4, -0.2) is 48.3 Å². The summed E-state index contributed by atoms with van der Waals surface area (Å²) in [5, 5.41) is 17.3. The zero-order valence-corrected chi connectivity index (χ0v) is 18.9. The number of thiazole rings is 1. The largest absolute Gasteiger partial charge is 0.393 e. The van der Waals surface area contributed by atoms with E-state index in [1.165, 1.54) is 4.88 Å². The summed E-state index contributed by atoms with van der Waals surface area (Å²) in [6.07, 6.45) is 1.95. The van der Waals surface area contributed by atoms with Crippen molar-refractivity contribution in [3.05, 3.63) is 45.2 Å². The summed E-state index contributed by atoms with van der Waals surface area (Å²) in [5.41, 5.74) is 2.53. The number of hydrogen-bond acceptors (Lipinski definition) is 5. The van der Waals surface area contributed by atoms with Crippen molar-refractivity contribution < 1.29 is 9.50 Å². The predicted octanol–water partition coefficient (Wildman–Crippen LogP) is 3.16. The van der Waals surface area contributed by atoms with Crippen LogP contribution in [0.1, 0.15) is 40.9 Å². The highest BCUT2D eigenvalue weighted by molar-refractivity contribution is 7.11. The third-order valence-electron chi connectivity index (χ3n) is 5.29. The van der Waals surface area contributed by atoms with Crippen LogP contribution in [0.25, 0.3) is 0 Å². The minimum Gasteiger partial charge on any atom is -0.393 e. The molecule has 0 atom stereocenters. The smallest absolute Gasteiger partial charge is 0.191 e. The van der Waals surface area contributed by atoms with Gasteiger partial charge in [-0.15, -0.1) is 11.3 Å². The van der Waals surface area contributed by atoms with Crippen LogP contribution in [0.2, 0.25) is 0 Å². The molecule has 1 saturated heterocycles. The minimum absolute atomic E-state index is 0.230. The molecule has 8 heteroatoms. The maximum atomic E-state index is 14.6. The average molecular weight is 434 g/mol. The number of aryl methyl sites for hydroxylation is 2. The first kappa shape index (κ1) is 22.5. The summed E-state index contributed by atoms with van der Waals surface area (Å²) >= 11 is 1.73. The maximum absolute atomic E-state index is 14.6. The summed E-state index contributed by atoms with van der Waals surface area (Å²) in [4.78, 5) is 12.4. The molecule has 1 aliphatic heterocycles. The van der Waals surface area contributed by atoms with Gasteiger partial charge < -0.3 is 20.6 Å². The third kappa shape index (κ3) is 6.15. The molecule has 1 aromatic carbocycles. The lowest BCUT2D eigenvalue weighted by atomic mass is 10.1. The number of nitrogens with zero attached hydrogens (tertiary/aromatic N) is 3. The Hall–Kier alpha value is -2.19. The molecule has 1 aliphatic rings. The van der Waals surface area contributed by atoms with E-state index in [-0.39, 0.29) is 11.9 Å². The molecule has 3 N–H and O–H groups in total. The fraction of sp³-hybridized carbons (Fsp3) is 0.545. The quantitative estimate of drug-likeness (QED) is 0.462. The molecule has 164 valence electrons. The van der Waals surface area contributed by atoms with E-state index < -0.39 is 0 Å². The summed E-state index contributed by atoms with van der Waals surface area (Å²) in [5.74, 6) is 0.489. The topological polar surface area (TPSA) is 72.8 Å². The van der Waals surface area contributed by atoms with Gasteiger partial charge in [-0.1, -0.05) is 6.07 Å². The van der Waals surface area contributed by atoms with Gasteiger partial charge >= 0.3 is 0 Å². The molecule has 0 bridgehead atoms. The van der Waals surface area contributed by atoms with Gasteiger partial charge in [0.15, 0.2) is 5.96 Å². The lowest BCUT2D eigenvalue weighted by Crippen LogP contribution is -2.38. The van der Waals surface area contributed by atoms with Crippen LogP contribution in [0.5, 0.6) is 0 Å². The second-order valence-corrected chi connectivity index (χ2v) is 8.91. The summed E-state index contributed by atoms with van der Waals surface area (Å²) in [6.45, 7) is 9.42. The van der Waals surface area contributed by atoms with E-state index in [9.17, 15) is 9.50 Å². The van der Waals surface area contributed by atoms with Crippen molar-refractivity contribution >= 4 is 23.0 Å². The molecule has 30 heavy (non-hydrogen) atoms. The van der Waals surface area contributed by atoms with Gasteiger partial charge in [-0.2, -0.15) is 0 Å². The Morgan fingerprint density at radius 2 is 2.07 bits per heavy atom. The molecule has 0 aliphatic carbocycles. The van der Waals surface area contributed by atoms with Crippen LogP contribution in [0.15, 0.2) is 23.2 Å². The van der Waals surface area contributed by atoms with Crippen LogP contribution in [0, 0.1) is 19.7 Å². The highest BCUT2D eigenvalue weighted by atomic mass is 32.1. The molecule has 2 aromatic rings. The molecule has 0 amide bonds. The number of aliphatic hydroxyl groups excluding tert-OH is 1. The number of piperidine rings is 1. The molecule has 6 nitrogen and oxygen atoms in total. The lowest BCUT2D eigenvalue weighted by Gasteiger charge is -2.31. The number of halogens is 1. The van der Waals surface area contributed by atoms with Crippen LogP contribution < -0.4 is 15.5 Å². The number of guanidine groups is 1. The summed E-state index contributed by atoms with van der Waals surface area (Å²) in [7, 11) is 0. The fourth-order valence-corrected chi connectivity index (χ4v) is 4.39. The van der Waals surface area contributed by atoms with Gasteiger partial charge in [-0.3, -0.25) is 0 Å². The minimum atomic E-state index is -0.265. The molecular weight excluding hydrogens is 401 g/mol. The van der Waals surface area contributed by atoms with Crippen LogP contribution >= 0.6 is 11.3 Å². The van der Waals surface area contributed by atoms with Gasteiger partial charge in [0.1, 0.15) is 5.82 Å². The zero-order valence-electron chi connectivity index (χ0n) is 18.0. The van der Waals surface area contributed by atoms with E-state index in [0.29, 0.717) is 38.2 Å². The Kier molecular flexibility index (Phi) is 8.04. The van der Waals surface area contributed by atoms with Crippen LogP contribution in [0.3, 0.4) is 0 Å². The first-order chi connectivity index (χ1) is 14.5. The second-order valence-electron chi connectivity index (χ2n) is 7.63. The summed E-state index contributed by atoms with van der Waals surface area (Å²) in [6, 6.07) is 5.32. The molecule has 2 heterocycles. The highest BCUT2D eigenvalue weighted by Crippen LogP contribution is 2.24. The van der Waals surface area contributed by atoms with Gasteiger partial charge in [0, 0.05) is 37.5 Å². The molecule has 0 saturated carbocycles. The lowest BCUT2D eigenvalue weighted by molar-refractivity contribution is 0.145. The maximum Gasteiger partial charge on any atom is 0.191 e. The van der Waals surface area contributed by atoms with Gasteiger partial charge in [0.25, 0.3) is 0 Å². The van der Waals surface area contributed by atoms with E-state index >= 15 is 0 Å². The van der Waals surface area contributed by atoms with E-state index in [4.69, 9.17) is 0 Å². The molecular formula is C22H32FN5OS. The van der Waals surface area contributed by atoms with E-state index in [1.54, 1.807) is 17.4 Å². The van der Waals surface area contributed by atoms with E-state index in [1.807, 2.05) is 30.9 Å². The number of rotatable bonds is 7. The third-order valence-corrected chi connectivity index (χ3v) is 6.42. The molecule has 0 unspecified atom stereocenters. The molecule has 1 aromatic heterocycles. The molecule has 0 spiro atoms. The van der Waals surface area contributed by atoms with Gasteiger partial charge in [0.05, 0.1) is 29.0 Å². The van der Waals surface area contributed by atoms with Crippen molar-refractivity contribution in [2.45, 2.75) is 52.7 Å². The van der Waals surface area contributed by atoms with E-state index in [0.717, 1.165) is 41.7 Å². The Morgan fingerprint density at radius 1 is 1.30 bits per heavy atom. The highest BCUT2D eigenvalue weighted by Gasteiger charge is 2.19. The van der Waals surface area contributed by atoms with Crippen molar-refractivity contribution in [2.75, 3.05) is 31.1 Å². The number of hydrogen-bond donors (Lipinski definition) is 3. The summed E-state index contributed by atoms with van der Waals surface area (Å²) < 4.78 is 14.6. The molecule has 1 fully saturated rings. The number of aliphatic hydroxyl groups is 1. The monoisotopic (exact) mass is 433 g/mol. The first-order valence-corrected chi connectivity index (χ1v) is 11.4. The number of benzene rings is 1. The Bertz CT molecular complexity index is 842. The normalized spacial score (nSPS) is 15.5. The van der Waals surface area contributed by atoms with Crippen molar-refractivity contribution in [1.29, 1.82) is 0 Å². The molecule has 3 rings (SSSR count). The fourth-order valence-electron chi connectivity index (χ4n) is 3.46. The van der Waals surface area contributed by atoms with Crippen LogP contribution in [0.4, 0.5) is 10.1 Å². The Morgan fingerprint density at radius 3 is 2.70 bits per heavy atom.